The van der Waals surface area contributed by atoms with Crippen molar-refractivity contribution in [3.05, 3.63) is 36.0 Å². The second-order valence-electron chi connectivity index (χ2n) is 4.92. The Labute approximate surface area is 114 Å². The summed E-state index contributed by atoms with van der Waals surface area (Å²) >= 11 is 0. The number of sulfone groups is 1. The van der Waals surface area contributed by atoms with E-state index in [9.17, 15) is 8.42 Å². The number of rotatable bonds is 6. The highest BCUT2D eigenvalue weighted by molar-refractivity contribution is 7.90. The summed E-state index contributed by atoms with van der Waals surface area (Å²) in [5, 5.41) is 1.18. The fraction of sp³-hybridized carbons (Fsp3) is 0.429. The van der Waals surface area contributed by atoms with Crippen LogP contribution in [0.25, 0.3) is 10.9 Å². The van der Waals surface area contributed by atoms with E-state index in [-0.39, 0.29) is 5.75 Å². The molecule has 0 amide bonds. The Kier molecular flexibility index (Phi) is 4.27. The topological polar surface area (TPSA) is 65.1 Å². The second-order valence-corrected chi connectivity index (χ2v) is 7.18. The van der Waals surface area contributed by atoms with Crippen LogP contribution >= 0.6 is 0 Å². The van der Waals surface area contributed by atoms with E-state index in [1.165, 1.54) is 17.2 Å². The summed E-state index contributed by atoms with van der Waals surface area (Å²) in [5.41, 5.74) is 7.95. The summed E-state index contributed by atoms with van der Waals surface area (Å²) in [6, 6.07) is 8.38. The molecule has 1 aromatic heterocycles. The summed E-state index contributed by atoms with van der Waals surface area (Å²) < 4.78 is 24.4. The fourth-order valence-electron chi connectivity index (χ4n) is 2.24. The zero-order valence-electron chi connectivity index (χ0n) is 11.2. The molecule has 0 fully saturated rings. The van der Waals surface area contributed by atoms with E-state index < -0.39 is 9.84 Å². The second kappa shape index (κ2) is 5.75. The molecule has 0 aliphatic rings. The van der Waals surface area contributed by atoms with Gasteiger partial charge in [0.25, 0.3) is 0 Å². The molecule has 0 radical (unpaired) electrons. The Bertz CT molecular complexity index is 659. The zero-order chi connectivity index (χ0) is 13.9. The van der Waals surface area contributed by atoms with Crippen LogP contribution in [0.3, 0.4) is 0 Å². The van der Waals surface area contributed by atoms with E-state index in [0.717, 1.165) is 18.5 Å². The molecule has 1 heterocycles. The summed E-state index contributed by atoms with van der Waals surface area (Å²) in [6.07, 6.45) is 4.80. The molecule has 2 N–H and O–H groups in total. The number of aromatic nitrogens is 1. The molecular formula is C14H20N2O2S. The van der Waals surface area contributed by atoms with Gasteiger partial charge < -0.3 is 10.3 Å². The first-order valence-corrected chi connectivity index (χ1v) is 8.51. The lowest BCUT2D eigenvalue weighted by Crippen LogP contribution is -2.07. The molecule has 0 spiro atoms. The quantitative estimate of drug-likeness (QED) is 0.873. The van der Waals surface area contributed by atoms with Gasteiger partial charge in [0.05, 0.1) is 5.75 Å². The minimum absolute atomic E-state index is 0.231. The molecular weight excluding hydrogens is 260 g/mol. The first kappa shape index (κ1) is 14.1. The first-order chi connectivity index (χ1) is 8.99. The van der Waals surface area contributed by atoms with Gasteiger partial charge in [0, 0.05) is 24.5 Å². The molecule has 104 valence electrons. The molecule has 5 heteroatoms. The SMILES string of the molecule is CS(=O)(=O)CCCn1ccc2ccc(CCN)cc21. The Hall–Kier alpha value is -1.33. The maximum Gasteiger partial charge on any atom is 0.147 e. The predicted molar refractivity (Wildman–Crippen MR) is 79.0 cm³/mol. The van der Waals surface area contributed by atoms with Crippen LogP contribution < -0.4 is 5.73 Å². The summed E-state index contributed by atoms with van der Waals surface area (Å²) in [6.45, 7) is 1.36. The number of hydrogen-bond donors (Lipinski definition) is 1. The Balaban J connectivity index is 2.16. The van der Waals surface area contributed by atoms with Crippen molar-refractivity contribution in [3.63, 3.8) is 0 Å². The van der Waals surface area contributed by atoms with Gasteiger partial charge in [0.2, 0.25) is 0 Å². The highest BCUT2D eigenvalue weighted by Gasteiger charge is 2.05. The Morgan fingerprint density at radius 1 is 1.26 bits per heavy atom. The van der Waals surface area contributed by atoms with Crippen molar-refractivity contribution in [1.29, 1.82) is 0 Å². The number of hydrogen-bond acceptors (Lipinski definition) is 3. The van der Waals surface area contributed by atoms with Crippen LogP contribution in [-0.2, 0) is 22.8 Å². The van der Waals surface area contributed by atoms with Crippen molar-refractivity contribution in [3.8, 4) is 0 Å². The highest BCUT2D eigenvalue weighted by atomic mass is 32.2. The first-order valence-electron chi connectivity index (χ1n) is 6.45. The number of nitrogens with zero attached hydrogens (tertiary/aromatic N) is 1. The fourth-order valence-corrected chi connectivity index (χ4v) is 2.90. The maximum absolute atomic E-state index is 11.1. The van der Waals surface area contributed by atoms with Gasteiger partial charge >= 0.3 is 0 Å². The van der Waals surface area contributed by atoms with Gasteiger partial charge in [-0.2, -0.15) is 0 Å². The van der Waals surface area contributed by atoms with E-state index in [4.69, 9.17) is 5.73 Å². The lowest BCUT2D eigenvalue weighted by molar-refractivity contribution is 0.593. The Morgan fingerprint density at radius 2 is 2.05 bits per heavy atom. The minimum atomic E-state index is -2.88. The van der Waals surface area contributed by atoms with Gasteiger partial charge in [-0.1, -0.05) is 12.1 Å². The number of benzene rings is 1. The van der Waals surface area contributed by atoms with Crippen LogP contribution in [0.1, 0.15) is 12.0 Å². The Morgan fingerprint density at radius 3 is 2.74 bits per heavy atom. The van der Waals surface area contributed by atoms with Gasteiger partial charge in [-0.3, -0.25) is 0 Å². The summed E-state index contributed by atoms with van der Waals surface area (Å²) in [7, 11) is -2.88. The standard InChI is InChI=1S/C14H20N2O2S/c1-19(17,18)10-2-8-16-9-6-13-4-3-12(5-7-15)11-14(13)16/h3-4,6,9,11H,2,5,7-8,10,15H2,1H3. The van der Waals surface area contributed by atoms with Gasteiger partial charge in [-0.25, -0.2) is 8.42 Å². The molecule has 0 aliphatic carbocycles. The average molecular weight is 280 g/mol. The summed E-state index contributed by atoms with van der Waals surface area (Å²) in [5.74, 6) is 0.231. The van der Waals surface area contributed by atoms with Crippen LogP contribution in [0.2, 0.25) is 0 Å². The van der Waals surface area contributed by atoms with Crippen LogP contribution in [0.4, 0.5) is 0 Å². The third-order valence-electron chi connectivity index (χ3n) is 3.19. The van der Waals surface area contributed by atoms with Gasteiger partial charge in [0.15, 0.2) is 0 Å². The average Bonchev–Trinajstić information content (AvgIpc) is 2.71. The van der Waals surface area contributed by atoms with Gasteiger partial charge in [-0.05, 0) is 42.5 Å². The van der Waals surface area contributed by atoms with E-state index >= 15 is 0 Å². The molecule has 0 unspecified atom stereocenters. The van der Waals surface area contributed by atoms with Crippen molar-refractivity contribution < 1.29 is 8.42 Å². The number of nitrogens with two attached hydrogens (primary N) is 1. The monoisotopic (exact) mass is 280 g/mol. The molecule has 0 atom stereocenters. The van der Waals surface area contributed by atoms with E-state index in [1.54, 1.807) is 0 Å². The molecule has 1 aromatic carbocycles. The van der Waals surface area contributed by atoms with Crippen molar-refractivity contribution in [2.45, 2.75) is 19.4 Å². The van der Waals surface area contributed by atoms with E-state index in [0.29, 0.717) is 13.0 Å². The molecule has 19 heavy (non-hydrogen) atoms. The van der Waals surface area contributed by atoms with Crippen LogP contribution in [0, 0.1) is 0 Å². The van der Waals surface area contributed by atoms with Crippen LogP contribution in [-0.4, -0.2) is 31.5 Å². The van der Waals surface area contributed by atoms with E-state index in [2.05, 4.69) is 28.8 Å². The molecule has 2 rings (SSSR count). The van der Waals surface area contributed by atoms with Crippen molar-refractivity contribution in [2.24, 2.45) is 5.73 Å². The largest absolute Gasteiger partial charge is 0.347 e. The van der Waals surface area contributed by atoms with Crippen LogP contribution in [0.5, 0.6) is 0 Å². The highest BCUT2D eigenvalue weighted by Crippen LogP contribution is 2.18. The van der Waals surface area contributed by atoms with E-state index in [1.807, 2.05) is 6.20 Å². The van der Waals surface area contributed by atoms with Gasteiger partial charge in [0.1, 0.15) is 9.84 Å². The lowest BCUT2D eigenvalue weighted by atomic mass is 10.1. The molecule has 0 saturated carbocycles. The molecule has 0 saturated heterocycles. The molecule has 0 bridgehead atoms. The maximum atomic E-state index is 11.1. The van der Waals surface area contributed by atoms with Crippen LogP contribution in [0.15, 0.2) is 30.5 Å². The predicted octanol–water partition coefficient (Wildman–Crippen LogP) is 1.58. The van der Waals surface area contributed by atoms with Gasteiger partial charge in [-0.15, -0.1) is 0 Å². The number of aryl methyl sites for hydroxylation is 1. The van der Waals surface area contributed by atoms with Crippen molar-refractivity contribution >= 4 is 20.7 Å². The third-order valence-corrected chi connectivity index (χ3v) is 4.22. The third kappa shape index (κ3) is 3.81. The smallest absolute Gasteiger partial charge is 0.147 e. The minimum Gasteiger partial charge on any atom is -0.347 e. The number of fused-ring (bicyclic) bond motifs is 1. The molecule has 2 aromatic rings. The molecule has 0 aliphatic heterocycles. The lowest BCUT2D eigenvalue weighted by Gasteiger charge is -2.06. The summed E-state index contributed by atoms with van der Waals surface area (Å²) in [4.78, 5) is 0. The van der Waals surface area contributed by atoms with Crippen molar-refractivity contribution in [1.82, 2.24) is 4.57 Å². The normalized spacial score (nSPS) is 12.1. The zero-order valence-corrected chi connectivity index (χ0v) is 12.0. The molecule has 4 nitrogen and oxygen atoms in total. The van der Waals surface area contributed by atoms with Crippen molar-refractivity contribution in [2.75, 3.05) is 18.6 Å².